The SMILES string of the molecule is Cc1ccc(-n2nc(-c3ccccc3)c3c2N(CC(=O)NCc2ccc(F)cc2)C(=O)CSC3c2ccsc2)c(C)c1. The van der Waals surface area contributed by atoms with Crippen molar-refractivity contribution in [3.63, 3.8) is 0 Å². The maximum Gasteiger partial charge on any atom is 0.240 e. The van der Waals surface area contributed by atoms with Crippen LogP contribution in [0.4, 0.5) is 10.2 Å². The van der Waals surface area contributed by atoms with Gasteiger partial charge in [-0.2, -0.15) is 16.4 Å². The maximum atomic E-state index is 13.9. The van der Waals surface area contributed by atoms with E-state index in [0.717, 1.165) is 44.8 Å². The molecule has 1 aliphatic rings. The smallest absolute Gasteiger partial charge is 0.240 e. The van der Waals surface area contributed by atoms with Gasteiger partial charge < -0.3 is 5.32 Å². The number of aryl methyl sites for hydroxylation is 2. The number of hydrogen-bond acceptors (Lipinski definition) is 5. The fraction of sp³-hybridized carbons (Fsp3) is 0.182. The lowest BCUT2D eigenvalue weighted by atomic mass is 10.0. The average Bonchev–Trinajstić information content (AvgIpc) is 3.63. The van der Waals surface area contributed by atoms with Crippen molar-refractivity contribution in [2.45, 2.75) is 25.6 Å². The highest BCUT2D eigenvalue weighted by Crippen LogP contribution is 2.49. The van der Waals surface area contributed by atoms with Crippen LogP contribution < -0.4 is 10.2 Å². The first-order valence-electron chi connectivity index (χ1n) is 13.6. The number of carbonyl (C=O) groups is 2. The first-order chi connectivity index (χ1) is 20.4. The van der Waals surface area contributed by atoms with Gasteiger partial charge in [0.1, 0.15) is 18.2 Å². The zero-order valence-electron chi connectivity index (χ0n) is 23.2. The minimum Gasteiger partial charge on any atom is -0.350 e. The van der Waals surface area contributed by atoms with Crippen molar-refractivity contribution in [3.05, 3.63) is 123 Å². The Morgan fingerprint density at radius 2 is 1.83 bits per heavy atom. The molecule has 2 aromatic heterocycles. The van der Waals surface area contributed by atoms with Crippen molar-refractivity contribution in [2.75, 3.05) is 17.2 Å². The second-order valence-corrected chi connectivity index (χ2v) is 12.2. The lowest BCUT2D eigenvalue weighted by molar-refractivity contribution is -0.123. The fourth-order valence-electron chi connectivity index (χ4n) is 5.23. The Morgan fingerprint density at radius 1 is 1.05 bits per heavy atom. The van der Waals surface area contributed by atoms with Gasteiger partial charge in [-0.3, -0.25) is 14.5 Å². The first kappa shape index (κ1) is 27.9. The van der Waals surface area contributed by atoms with Crippen molar-refractivity contribution in [1.82, 2.24) is 15.1 Å². The Bertz CT molecular complexity index is 1730. The monoisotopic (exact) mass is 596 g/mol. The number of halogens is 1. The van der Waals surface area contributed by atoms with Crippen LogP contribution in [0.3, 0.4) is 0 Å². The summed E-state index contributed by atoms with van der Waals surface area (Å²) >= 11 is 3.17. The van der Waals surface area contributed by atoms with E-state index < -0.39 is 0 Å². The van der Waals surface area contributed by atoms with Gasteiger partial charge in [-0.1, -0.05) is 60.2 Å². The van der Waals surface area contributed by atoms with Gasteiger partial charge in [-0.25, -0.2) is 9.07 Å². The Balaban J connectivity index is 1.50. The van der Waals surface area contributed by atoms with Crippen molar-refractivity contribution in [2.24, 2.45) is 0 Å². The summed E-state index contributed by atoms with van der Waals surface area (Å²) in [5, 5.41) is 12.1. The number of nitrogens with one attached hydrogen (secondary N) is 1. The number of carbonyl (C=O) groups excluding carboxylic acids is 2. The highest BCUT2D eigenvalue weighted by Gasteiger charge is 2.38. The molecule has 9 heteroatoms. The molecule has 0 radical (unpaired) electrons. The zero-order valence-corrected chi connectivity index (χ0v) is 24.8. The Labute approximate surface area is 252 Å². The van der Waals surface area contributed by atoms with Gasteiger partial charge in [-0.05, 0) is 65.6 Å². The molecule has 1 unspecified atom stereocenters. The molecule has 1 atom stereocenters. The van der Waals surface area contributed by atoms with Crippen LogP contribution in [0.2, 0.25) is 0 Å². The minimum atomic E-state index is -0.334. The predicted octanol–water partition coefficient (Wildman–Crippen LogP) is 6.84. The molecule has 6 nitrogen and oxygen atoms in total. The number of nitrogens with zero attached hydrogens (tertiary/aromatic N) is 3. The molecule has 3 heterocycles. The molecular formula is C33H29FN4O2S2. The van der Waals surface area contributed by atoms with Crippen molar-refractivity contribution in [1.29, 1.82) is 0 Å². The van der Waals surface area contributed by atoms with Gasteiger partial charge >= 0.3 is 0 Å². The second-order valence-electron chi connectivity index (χ2n) is 10.3. The molecule has 0 saturated heterocycles. The van der Waals surface area contributed by atoms with E-state index in [4.69, 9.17) is 5.10 Å². The molecule has 5 aromatic rings. The average molecular weight is 597 g/mol. The van der Waals surface area contributed by atoms with Crippen molar-refractivity contribution in [3.8, 4) is 16.9 Å². The van der Waals surface area contributed by atoms with E-state index in [1.54, 1.807) is 40.1 Å². The van der Waals surface area contributed by atoms with E-state index >= 15 is 0 Å². The Hall–Kier alpha value is -4.21. The summed E-state index contributed by atoms with van der Waals surface area (Å²) in [6, 6.07) is 24.2. The number of thioether (sulfide) groups is 1. The number of benzene rings is 3. The summed E-state index contributed by atoms with van der Waals surface area (Å²) in [4.78, 5) is 28.8. The van der Waals surface area contributed by atoms with E-state index in [0.29, 0.717) is 5.82 Å². The Morgan fingerprint density at radius 3 is 2.55 bits per heavy atom. The van der Waals surface area contributed by atoms with Gasteiger partial charge in [0.2, 0.25) is 11.8 Å². The molecule has 0 bridgehead atoms. The normalized spacial score (nSPS) is 14.9. The maximum absolute atomic E-state index is 13.9. The van der Waals surface area contributed by atoms with Crippen LogP contribution in [0.5, 0.6) is 0 Å². The van der Waals surface area contributed by atoms with Crippen LogP contribution in [-0.2, 0) is 16.1 Å². The highest BCUT2D eigenvalue weighted by molar-refractivity contribution is 8.00. The quantitative estimate of drug-likeness (QED) is 0.223. The topological polar surface area (TPSA) is 67.2 Å². The van der Waals surface area contributed by atoms with Gasteiger partial charge in [0.15, 0.2) is 0 Å². The summed E-state index contributed by atoms with van der Waals surface area (Å²) in [6.45, 7) is 4.13. The number of amides is 2. The number of rotatable bonds is 7. The first-order valence-corrected chi connectivity index (χ1v) is 15.6. The summed E-state index contributed by atoms with van der Waals surface area (Å²) in [5.41, 5.74) is 7.47. The van der Waals surface area contributed by atoms with E-state index in [2.05, 4.69) is 22.8 Å². The van der Waals surface area contributed by atoms with Crippen molar-refractivity contribution >= 4 is 40.7 Å². The molecule has 6 rings (SSSR count). The molecule has 3 aromatic carbocycles. The summed E-state index contributed by atoms with van der Waals surface area (Å²) in [6.07, 6.45) is 0. The molecule has 42 heavy (non-hydrogen) atoms. The third-order valence-corrected chi connectivity index (χ3v) is 9.22. The van der Waals surface area contributed by atoms with Gasteiger partial charge in [0.05, 0.1) is 22.4 Å². The van der Waals surface area contributed by atoms with E-state index in [1.165, 1.54) is 12.1 Å². The zero-order chi connectivity index (χ0) is 29.2. The van der Waals surface area contributed by atoms with Crippen LogP contribution in [0, 0.1) is 19.7 Å². The van der Waals surface area contributed by atoms with Gasteiger partial charge in [-0.15, -0.1) is 11.8 Å². The Kier molecular flexibility index (Phi) is 7.95. The molecule has 0 spiro atoms. The molecule has 0 saturated carbocycles. The fourth-order valence-corrected chi connectivity index (χ4v) is 7.19. The predicted molar refractivity (Wildman–Crippen MR) is 168 cm³/mol. The molecule has 1 aliphatic heterocycles. The lowest BCUT2D eigenvalue weighted by Crippen LogP contribution is -2.42. The highest BCUT2D eigenvalue weighted by atomic mass is 32.2. The lowest BCUT2D eigenvalue weighted by Gasteiger charge is -2.23. The van der Waals surface area contributed by atoms with Crippen LogP contribution in [0.25, 0.3) is 16.9 Å². The van der Waals surface area contributed by atoms with E-state index in [1.807, 2.05) is 66.4 Å². The third-order valence-electron chi connectivity index (χ3n) is 7.27. The van der Waals surface area contributed by atoms with Crippen LogP contribution >= 0.6 is 23.1 Å². The van der Waals surface area contributed by atoms with Crippen LogP contribution in [-0.4, -0.2) is 33.9 Å². The second kappa shape index (κ2) is 12.0. The summed E-state index contributed by atoms with van der Waals surface area (Å²) in [7, 11) is 0. The van der Waals surface area contributed by atoms with Crippen LogP contribution in [0.15, 0.2) is 89.6 Å². The molecule has 0 fully saturated rings. The molecule has 1 N–H and O–H groups in total. The van der Waals surface area contributed by atoms with E-state index in [9.17, 15) is 14.0 Å². The van der Waals surface area contributed by atoms with Gasteiger partial charge in [0, 0.05) is 17.7 Å². The summed E-state index contributed by atoms with van der Waals surface area (Å²) in [5.74, 6) is -0.00129. The molecule has 2 amide bonds. The number of hydrogen-bond donors (Lipinski definition) is 1. The number of fused-ring (bicyclic) bond motifs is 1. The molecular weight excluding hydrogens is 568 g/mol. The largest absolute Gasteiger partial charge is 0.350 e. The van der Waals surface area contributed by atoms with E-state index in [-0.39, 0.29) is 41.7 Å². The number of thiophene rings is 1. The van der Waals surface area contributed by atoms with Crippen molar-refractivity contribution < 1.29 is 14.0 Å². The van der Waals surface area contributed by atoms with Crippen LogP contribution in [0.1, 0.15) is 33.1 Å². The van der Waals surface area contributed by atoms with Gasteiger partial charge in [0.25, 0.3) is 0 Å². The summed E-state index contributed by atoms with van der Waals surface area (Å²) < 4.78 is 15.2. The standard InChI is InChI=1S/C33H29FN4O2S2/c1-21-8-13-27(22(2)16-21)38-33-30(31(36-38)24-6-4-3-5-7-24)32(25-14-15-41-19-25)42-20-29(40)37(33)18-28(39)35-17-23-9-11-26(34)12-10-23/h3-16,19,32H,17-18,20H2,1-2H3,(H,35,39). The number of anilines is 1. The minimum absolute atomic E-state index is 0.155. The molecule has 212 valence electrons. The number of aromatic nitrogens is 2. The molecule has 0 aliphatic carbocycles. The third kappa shape index (κ3) is 5.62.